The molecule has 1 spiro atoms. The van der Waals surface area contributed by atoms with Crippen LogP contribution in [0.1, 0.15) is 38.2 Å². The lowest BCUT2D eigenvalue weighted by Crippen LogP contribution is -2.53. The van der Waals surface area contributed by atoms with Crippen molar-refractivity contribution in [3.63, 3.8) is 0 Å². The molecule has 2 atom stereocenters. The molecule has 1 saturated carbocycles. The normalized spacial score (nSPS) is 27.3. The molecule has 1 heterocycles. The predicted octanol–water partition coefficient (Wildman–Crippen LogP) is 2.60. The molecule has 0 bridgehead atoms. The molecule has 1 saturated heterocycles. The van der Waals surface area contributed by atoms with E-state index < -0.39 is 16.5 Å². The number of nitrogens with one attached hydrogen (secondary N) is 1. The Balaban J connectivity index is 1.84. The van der Waals surface area contributed by atoms with E-state index >= 15 is 0 Å². The van der Waals surface area contributed by atoms with E-state index in [1.807, 2.05) is 6.92 Å². The van der Waals surface area contributed by atoms with Gasteiger partial charge in [0, 0.05) is 12.1 Å². The van der Waals surface area contributed by atoms with E-state index in [0.717, 1.165) is 19.3 Å². The summed E-state index contributed by atoms with van der Waals surface area (Å²) in [5, 5.41) is 13.7. The zero-order valence-electron chi connectivity index (χ0n) is 12.9. The van der Waals surface area contributed by atoms with Gasteiger partial charge in [-0.15, -0.1) is 0 Å². The molecular formula is C16H19N3O4. The summed E-state index contributed by atoms with van der Waals surface area (Å²) < 4.78 is 0. The van der Waals surface area contributed by atoms with Gasteiger partial charge in [-0.05, 0) is 24.3 Å². The first-order valence-electron chi connectivity index (χ1n) is 7.81. The van der Waals surface area contributed by atoms with E-state index in [4.69, 9.17) is 0 Å². The van der Waals surface area contributed by atoms with Gasteiger partial charge in [-0.25, -0.2) is 4.79 Å². The minimum Gasteiger partial charge on any atom is -0.323 e. The first kappa shape index (κ1) is 15.5. The molecular weight excluding hydrogens is 298 g/mol. The van der Waals surface area contributed by atoms with Gasteiger partial charge in [0.25, 0.3) is 11.6 Å². The van der Waals surface area contributed by atoms with Crippen molar-refractivity contribution in [1.82, 2.24) is 10.2 Å². The van der Waals surface area contributed by atoms with Crippen LogP contribution in [-0.2, 0) is 11.3 Å². The van der Waals surface area contributed by atoms with Crippen LogP contribution in [0.25, 0.3) is 0 Å². The minimum atomic E-state index is -0.796. The molecule has 7 nitrogen and oxygen atoms in total. The van der Waals surface area contributed by atoms with Crippen LogP contribution in [-0.4, -0.2) is 27.3 Å². The minimum absolute atomic E-state index is 0.0460. The third kappa shape index (κ3) is 2.56. The maximum absolute atomic E-state index is 12.8. The average molecular weight is 317 g/mol. The zero-order chi connectivity index (χ0) is 16.6. The number of hydrogen-bond acceptors (Lipinski definition) is 4. The lowest BCUT2D eigenvalue weighted by atomic mass is 9.73. The topological polar surface area (TPSA) is 92.6 Å². The number of non-ortho nitro benzene ring substituents is 1. The number of hydrogen-bond donors (Lipinski definition) is 1. The molecule has 1 aliphatic carbocycles. The van der Waals surface area contributed by atoms with E-state index in [0.29, 0.717) is 12.0 Å². The molecule has 0 aromatic heterocycles. The van der Waals surface area contributed by atoms with Crippen LogP contribution in [0.5, 0.6) is 0 Å². The van der Waals surface area contributed by atoms with Crippen LogP contribution in [0.4, 0.5) is 10.5 Å². The van der Waals surface area contributed by atoms with Gasteiger partial charge in [-0.3, -0.25) is 19.8 Å². The molecule has 0 radical (unpaired) electrons. The van der Waals surface area contributed by atoms with E-state index in [1.165, 1.54) is 17.0 Å². The van der Waals surface area contributed by atoms with Crippen molar-refractivity contribution in [1.29, 1.82) is 0 Å². The SMILES string of the molecule is CC1CCCCC12NC(=O)N(Cc1cccc([N+](=O)[O-])c1)C2=O. The van der Waals surface area contributed by atoms with Crippen molar-refractivity contribution >= 4 is 17.6 Å². The number of carbonyl (C=O) groups excluding carboxylic acids is 2. The summed E-state index contributed by atoms with van der Waals surface area (Å²) in [4.78, 5) is 36.7. The van der Waals surface area contributed by atoms with Crippen molar-refractivity contribution < 1.29 is 14.5 Å². The molecule has 23 heavy (non-hydrogen) atoms. The van der Waals surface area contributed by atoms with Crippen LogP contribution in [0.2, 0.25) is 0 Å². The maximum Gasteiger partial charge on any atom is 0.325 e. The number of carbonyl (C=O) groups is 2. The Morgan fingerprint density at radius 3 is 2.87 bits per heavy atom. The van der Waals surface area contributed by atoms with Crippen molar-refractivity contribution in [3.05, 3.63) is 39.9 Å². The number of rotatable bonds is 3. The Morgan fingerprint density at radius 1 is 1.39 bits per heavy atom. The van der Waals surface area contributed by atoms with Crippen molar-refractivity contribution in [2.45, 2.75) is 44.7 Å². The molecule has 3 amide bonds. The Hall–Kier alpha value is -2.44. The number of nitro benzene ring substituents is 1. The summed E-state index contributed by atoms with van der Waals surface area (Å²) in [5.74, 6) is -0.107. The molecule has 3 rings (SSSR count). The summed E-state index contributed by atoms with van der Waals surface area (Å²) in [6, 6.07) is 5.62. The number of benzene rings is 1. The molecule has 2 unspecified atom stereocenters. The maximum atomic E-state index is 12.8. The van der Waals surface area contributed by atoms with Gasteiger partial charge < -0.3 is 5.32 Å². The second-order valence-corrected chi connectivity index (χ2v) is 6.37. The lowest BCUT2D eigenvalue weighted by molar-refractivity contribution is -0.384. The van der Waals surface area contributed by atoms with Crippen LogP contribution in [0.15, 0.2) is 24.3 Å². The summed E-state index contributed by atoms with van der Waals surface area (Å²) in [7, 11) is 0. The van der Waals surface area contributed by atoms with Gasteiger partial charge in [-0.1, -0.05) is 31.9 Å². The summed E-state index contributed by atoms with van der Waals surface area (Å²) in [6.45, 7) is 2.05. The summed E-state index contributed by atoms with van der Waals surface area (Å²) >= 11 is 0. The third-order valence-electron chi connectivity index (χ3n) is 4.96. The number of nitrogens with zero attached hydrogens (tertiary/aromatic N) is 2. The number of nitro groups is 1. The molecule has 122 valence electrons. The first-order chi connectivity index (χ1) is 10.9. The summed E-state index contributed by atoms with van der Waals surface area (Å²) in [6.07, 6.45) is 3.55. The highest BCUT2D eigenvalue weighted by Crippen LogP contribution is 2.38. The zero-order valence-corrected chi connectivity index (χ0v) is 12.9. The smallest absolute Gasteiger partial charge is 0.323 e. The standard InChI is InChI=1S/C16H19N3O4/c1-11-5-2-3-8-16(11)14(20)18(15(21)17-16)10-12-6-4-7-13(9-12)19(22)23/h4,6-7,9,11H,2-3,5,8,10H2,1H3,(H,17,21). The van der Waals surface area contributed by atoms with Gasteiger partial charge in [0.1, 0.15) is 5.54 Å². The van der Waals surface area contributed by atoms with E-state index in [-0.39, 0.29) is 24.1 Å². The fourth-order valence-corrected chi connectivity index (χ4v) is 3.59. The van der Waals surface area contributed by atoms with E-state index in [9.17, 15) is 19.7 Å². The highest BCUT2D eigenvalue weighted by atomic mass is 16.6. The average Bonchev–Trinajstić information content (AvgIpc) is 2.76. The second-order valence-electron chi connectivity index (χ2n) is 6.37. The molecule has 1 aromatic carbocycles. The number of imide groups is 1. The number of urea groups is 1. The van der Waals surface area contributed by atoms with Crippen molar-refractivity contribution in [3.8, 4) is 0 Å². The van der Waals surface area contributed by atoms with Crippen LogP contribution < -0.4 is 5.32 Å². The van der Waals surface area contributed by atoms with Gasteiger partial charge in [0.05, 0.1) is 11.5 Å². The fourth-order valence-electron chi connectivity index (χ4n) is 3.59. The Labute approximate surface area is 133 Å². The first-order valence-corrected chi connectivity index (χ1v) is 7.81. The summed E-state index contributed by atoms with van der Waals surface area (Å²) in [5.41, 5.74) is -0.269. The fraction of sp³-hybridized carbons (Fsp3) is 0.500. The van der Waals surface area contributed by atoms with E-state index in [2.05, 4.69) is 5.32 Å². The third-order valence-corrected chi connectivity index (χ3v) is 4.96. The molecule has 1 aliphatic heterocycles. The highest BCUT2D eigenvalue weighted by molar-refractivity contribution is 6.07. The van der Waals surface area contributed by atoms with Gasteiger partial charge in [0.2, 0.25) is 0 Å². The predicted molar refractivity (Wildman–Crippen MR) is 82.5 cm³/mol. The molecule has 1 N–H and O–H groups in total. The van der Waals surface area contributed by atoms with Crippen LogP contribution in [0, 0.1) is 16.0 Å². The van der Waals surface area contributed by atoms with E-state index in [1.54, 1.807) is 12.1 Å². The van der Waals surface area contributed by atoms with Crippen LogP contribution >= 0.6 is 0 Å². The van der Waals surface area contributed by atoms with Gasteiger partial charge in [-0.2, -0.15) is 0 Å². The monoisotopic (exact) mass is 317 g/mol. The largest absolute Gasteiger partial charge is 0.325 e. The van der Waals surface area contributed by atoms with Crippen LogP contribution in [0.3, 0.4) is 0 Å². The van der Waals surface area contributed by atoms with Gasteiger partial charge in [0.15, 0.2) is 0 Å². The quantitative estimate of drug-likeness (QED) is 0.527. The Kier molecular flexibility index (Phi) is 3.79. The van der Waals surface area contributed by atoms with Crippen molar-refractivity contribution in [2.24, 2.45) is 5.92 Å². The molecule has 7 heteroatoms. The number of amides is 3. The molecule has 1 aromatic rings. The lowest BCUT2D eigenvalue weighted by Gasteiger charge is -2.36. The second kappa shape index (κ2) is 5.64. The Bertz CT molecular complexity index is 675. The molecule has 2 fully saturated rings. The molecule has 2 aliphatic rings. The Morgan fingerprint density at radius 2 is 2.17 bits per heavy atom. The van der Waals surface area contributed by atoms with Crippen molar-refractivity contribution in [2.75, 3.05) is 0 Å². The highest BCUT2D eigenvalue weighted by Gasteiger charge is 2.54. The van der Waals surface area contributed by atoms with Gasteiger partial charge >= 0.3 is 6.03 Å².